The number of hydrogen-bond donors (Lipinski definition) is 2. The van der Waals surface area contributed by atoms with Crippen molar-refractivity contribution in [2.24, 2.45) is 0 Å². The molecule has 9 nitrogen and oxygen atoms in total. The number of aromatic amines is 1. The van der Waals surface area contributed by atoms with Crippen LogP contribution < -0.4 is 15.8 Å². The number of amides is 1. The Labute approximate surface area is 206 Å². The number of aryl methyl sites for hydroxylation is 1. The number of hydrogen-bond acceptors (Lipinski definition) is 6. The molecule has 1 aliphatic rings. The van der Waals surface area contributed by atoms with Crippen molar-refractivity contribution in [2.75, 3.05) is 18.0 Å². The van der Waals surface area contributed by atoms with E-state index in [9.17, 15) is 9.59 Å². The van der Waals surface area contributed by atoms with Gasteiger partial charge in [0.25, 0.3) is 5.56 Å². The molecule has 1 atom stereocenters. The van der Waals surface area contributed by atoms with Gasteiger partial charge in [-0.25, -0.2) is 9.78 Å². The predicted octanol–water partition coefficient (Wildman–Crippen LogP) is 3.46. The zero-order chi connectivity index (χ0) is 23.6. The van der Waals surface area contributed by atoms with Gasteiger partial charge in [0.2, 0.25) is 5.95 Å². The van der Waals surface area contributed by atoms with E-state index in [1.807, 2.05) is 43.9 Å². The SMILES string of the molecule is CC(C)(C)OC(=O)NC1CCCN(c2nc3nc(I)n(CCc4ccccc4)c(=O)c3[nH]2)C1. The van der Waals surface area contributed by atoms with Crippen molar-refractivity contribution in [1.29, 1.82) is 0 Å². The summed E-state index contributed by atoms with van der Waals surface area (Å²) < 4.78 is 7.67. The number of anilines is 1. The van der Waals surface area contributed by atoms with Crippen LogP contribution in [0.3, 0.4) is 0 Å². The second kappa shape index (κ2) is 9.70. The van der Waals surface area contributed by atoms with Gasteiger partial charge in [0, 0.05) is 48.3 Å². The van der Waals surface area contributed by atoms with Crippen molar-refractivity contribution >= 4 is 45.8 Å². The molecular formula is C23H29IN6O3. The van der Waals surface area contributed by atoms with E-state index in [0.717, 1.165) is 25.8 Å². The lowest BCUT2D eigenvalue weighted by molar-refractivity contribution is 0.0500. The molecule has 0 bridgehead atoms. The Balaban J connectivity index is 1.50. The maximum absolute atomic E-state index is 13.2. The first-order valence-corrected chi connectivity index (χ1v) is 12.2. The molecular weight excluding hydrogens is 535 g/mol. The van der Waals surface area contributed by atoms with Crippen LogP contribution in [0.4, 0.5) is 10.7 Å². The van der Waals surface area contributed by atoms with Crippen molar-refractivity contribution < 1.29 is 9.53 Å². The van der Waals surface area contributed by atoms with Crippen LogP contribution in [0.5, 0.6) is 0 Å². The first kappa shape index (κ1) is 23.5. The van der Waals surface area contributed by atoms with Gasteiger partial charge in [0.1, 0.15) is 5.60 Å². The summed E-state index contributed by atoms with van der Waals surface area (Å²) >= 11 is 2.09. The average molecular weight is 564 g/mol. The molecule has 33 heavy (non-hydrogen) atoms. The van der Waals surface area contributed by atoms with Gasteiger partial charge in [0.15, 0.2) is 15.0 Å². The number of benzene rings is 1. The maximum atomic E-state index is 13.2. The van der Waals surface area contributed by atoms with E-state index >= 15 is 0 Å². The van der Waals surface area contributed by atoms with Gasteiger partial charge >= 0.3 is 6.09 Å². The number of aromatic nitrogens is 4. The molecule has 0 aliphatic carbocycles. The zero-order valence-electron chi connectivity index (χ0n) is 19.1. The lowest BCUT2D eigenvalue weighted by Gasteiger charge is -2.33. The third kappa shape index (κ3) is 5.84. The summed E-state index contributed by atoms with van der Waals surface area (Å²) in [4.78, 5) is 39.7. The van der Waals surface area contributed by atoms with Gasteiger partial charge in [0.05, 0.1) is 0 Å². The normalized spacial score (nSPS) is 16.7. The lowest BCUT2D eigenvalue weighted by atomic mass is 10.1. The number of nitrogens with zero attached hydrogens (tertiary/aromatic N) is 4. The zero-order valence-corrected chi connectivity index (χ0v) is 21.3. The quantitative estimate of drug-likeness (QED) is 0.364. The van der Waals surface area contributed by atoms with Gasteiger partial charge in [-0.3, -0.25) is 9.36 Å². The van der Waals surface area contributed by atoms with E-state index in [0.29, 0.717) is 34.0 Å². The van der Waals surface area contributed by atoms with Gasteiger partial charge in [-0.15, -0.1) is 0 Å². The summed E-state index contributed by atoms with van der Waals surface area (Å²) in [6.07, 6.45) is 2.08. The van der Waals surface area contributed by atoms with E-state index in [1.165, 1.54) is 5.56 Å². The topological polar surface area (TPSA) is 105 Å². The summed E-state index contributed by atoms with van der Waals surface area (Å²) in [5.74, 6) is 0.599. The lowest BCUT2D eigenvalue weighted by Crippen LogP contribution is -2.49. The molecule has 3 heterocycles. The number of carbonyl (C=O) groups is 1. The number of imidazole rings is 1. The van der Waals surface area contributed by atoms with Gasteiger partial charge in [-0.1, -0.05) is 30.3 Å². The molecule has 1 unspecified atom stereocenters. The van der Waals surface area contributed by atoms with E-state index in [4.69, 9.17) is 4.74 Å². The molecule has 1 aromatic carbocycles. The van der Waals surface area contributed by atoms with Crippen molar-refractivity contribution in [1.82, 2.24) is 24.8 Å². The number of halogens is 1. The first-order chi connectivity index (χ1) is 15.7. The molecule has 4 rings (SSSR count). The molecule has 3 aromatic rings. The molecule has 1 aliphatic heterocycles. The number of ether oxygens (including phenoxy) is 1. The minimum absolute atomic E-state index is 0.0579. The first-order valence-electron chi connectivity index (χ1n) is 11.1. The minimum atomic E-state index is -0.541. The number of rotatable bonds is 5. The third-order valence-electron chi connectivity index (χ3n) is 5.46. The van der Waals surface area contributed by atoms with Gasteiger partial charge < -0.3 is 19.9 Å². The summed E-state index contributed by atoms with van der Waals surface area (Å²) in [6, 6.07) is 10.0. The van der Waals surface area contributed by atoms with Crippen LogP contribution in [0, 0.1) is 3.83 Å². The standard InChI is InChI=1S/C23H29IN6O3/c1-23(2,3)33-22(32)25-16-10-7-12-29(14-16)21-26-17-18(28-21)27-20(24)30(19(17)31)13-11-15-8-5-4-6-9-15/h4-6,8-9,16H,7,10-14H2,1-3H3,(H,25,32)(H,26,28). The summed E-state index contributed by atoms with van der Waals surface area (Å²) in [5.41, 5.74) is 1.32. The highest BCUT2D eigenvalue weighted by Gasteiger charge is 2.26. The number of nitrogens with one attached hydrogen (secondary N) is 2. The fourth-order valence-electron chi connectivity index (χ4n) is 3.94. The molecule has 1 amide bonds. The summed E-state index contributed by atoms with van der Waals surface area (Å²) in [5, 5.41) is 2.94. The summed E-state index contributed by atoms with van der Waals surface area (Å²) in [6.45, 7) is 7.44. The van der Waals surface area contributed by atoms with Crippen LogP contribution >= 0.6 is 22.6 Å². The largest absolute Gasteiger partial charge is 0.444 e. The molecule has 1 fully saturated rings. The smallest absolute Gasteiger partial charge is 0.407 e. The highest BCUT2D eigenvalue weighted by molar-refractivity contribution is 14.1. The molecule has 0 spiro atoms. The average Bonchev–Trinajstić information content (AvgIpc) is 3.17. The Bertz CT molecular complexity index is 1180. The van der Waals surface area contributed by atoms with Crippen LogP contribution in [0.1, 0.15) is 39.2 Å². The number of alkyl carbamates (subject to hydrolysis) is 1. The van der Waals surface area contributed by atoms with E-state index < -0.39 is 11.7 Å². The van der Waals surface area contributed by atoms with Crippen molar-refractivity contribution in [2.45, 2.75) is 58.2 Å². The summed E-state index contributed by atoms with van der Waals surface area (Å²) in [7, 11) is 0. The Hall–Kier alpha value is -2.63. The van der Waals surface area contributed by atoms with E-state index in [2.05, 4.69) is 55.0 Å². The number of H-pyrrole nitrogens is 1. The van der Waals surface area contributed by atoms with Crippen LogP contribution in [-0.4, -0.2) is 50.3 Å². The highest BCUT2D eigenvalue weighted by atomic mass is 127. The fourth-order valence-corrected chi connectivity index (χ4v) is 4.63. The van der Waals surface area contributed by atoms with Crippen molar-refractivity contribution in [3.63, 3.8) is 0 Å². The van der Waals surface area contributed by atoms with Crippen LogP contribution in [0.2, 0.25) is 0 Å². The number of carbonyl (C=O) groups excluding carboxylic acids is 1. The van der Waals surface area contributed by atoms with Gasteiger partial charge in [-0.2, -0.15) is 4.98 Å². The van der Waals surface area contributed by atoms with Crippen LogP contribution in [0.15, 0.2) is 35.1 Å². The Morgan fingerprint density at radius 3 is 2.76 bits per heavy atom. The molecule has 10 heteroatoms. The molecule has 2 N–H and O–H groups in total. The van der Waals surface area contributed by atoms with Crippen LogP contribution in [0.25, 0.3) is 11.2 Å². The monoisotopic (exact) mass is 564 g/mol. The van der Waals surface area contributed by atoms with Crippen molar-refractivity contribution in [3.05, 3.63) is 50.1 Å². The Kier molecular flexibility index (Phi) is 6.91. The van der Waals surface area contributed by atoms with Gasteiger partial charge in [-0.05, 0) is 45.6 Å². The second-order valence-electron chi connectivity index (χ2n) is 9.26. The molecule has 0 radical (unpaired) electrons. The maximum Gasteiger partial charge on any atom is 0.407 e. The van der Waals surface area contributed by atoms with Crippen LogP contribution in [-0.2, 0) is 17.7 Å². The Morgan fingerprint density at radius 2 is 2.03 bits per heavy atom. The predicted molar refractivity (Wildman–Crippen MR) is 136 cm³/mol. The number of fused-ring (bicyclic) bond motifs is 1. The van der Waals surface area contributed by atoms with E-state index in [1.54, 1.807) is 4.57 Å². The number of piperidine rings is 1. The molecule has 2 aromatic heterocycles. The Morgan fingerprint density at radius 1 is 1.27 bits per heavy atom. The van der Waals surface area contributed by atoms with E-state index in [-0.39, 0.29) is 11.6 Å². The second-order valence-corrected chi connectivity index (χ2v) is 10.2. The minimum Gasteiger partial charge on any atom is -0.444 e. The fraction of sp³-hybridized carbons (Fsp3) is 0.478. The molecule has 176 valence electrons. The molecule has 0 saturated carbocycles. The van der Waals surface area contributed by atoms with Crippen molar-refractivity contribution in [3.8, 4) is 0 Å². The highest BCUT2D eigenvalue weighted by Crippen LogP contribution is 2.20. The third-order valence-corrected chi connectivity index (χ3v) is 6.28. The molecule has 1 saturated heterocycles.